The van der Waals surface area contributed by atoms with Gasteiger partial charge in [-0.25, -0.2) is 0 Å². The second kappa shape index (κ2) is 4.43. The molecule has 2 N–H and O–H groups in total. The van der Waals surface area contributed by atoms with Gasteiger partial charge in [-0.1, -0.05) is 0 Å². The van der Waals surface area contributed by atoms with Gasteiger partial charge in [-0.15, -0.1) is 0 Å². The number of hydrogen-bond acceptors (Lipinski definition) is 4. The number of carboxylic acid groups (broad SMARTS) is 1. The van der Waals surface area contributed by atoms with E-state index in [4.69, 9.17) is 0 Å². The molecule has 0 spiro atoms. The molecule has 2 rings (SSSR count). The molecular weight excluding hydrogens is 244 g/mol. The second-order valence-electron chi connectivity index (χ2n) is 7.28. The van der Waals surface area contributed by atoms with E-state index in [9.17, 15) is 15.1 Å². The Morgan fingerprint density at radius 2 is 2.05 bits per heavy atom. The molecule has 0 aromatic rings. The van der Waals surface area contributed by atoms with Crippen LogP contribution in [0.2, 0.25) is 0 Å². The summed E-state index contributed by atoms with van der Waals surface area (Å²) < 4.78 is 0. The van der Waals surface area contributed by atoms with Crippen LogP contribution < -0.4 is 5.32 Å². The Balaban J connectivity index is 2.21. The first-order chi connectivity index (χ1) is 8.62. The van der Waals surface area contributed by atoms with Crippen molar-refractivity contribution < 1.29 is 9.90 Å². The van der Waals surface area contributed by atoms with Crippen LogP contribution in [0.1, 0.15) is 53.4 Å². The van der Waals surface area contributed by atoms with Crippen LogP contribution in [0.25, 0.3) is 0 Å². The minimum absolute atomic E-state index is 0.0988. The molecule has 0 aromatic heterocycles. The predicted octanol–water partition coefficient (Wildman–Crippen LogP) is 1.96. The van der Waals surface area contributed by atoms with Crippen LogP contribution in [0.15, 0.2) is 0 Å². The molecule has 0 amide bonds. The molecule has 2 aliphatic rings. The maximum absolute atomic E-state index is 12.4. The smallest absolute Gasteiger partial charge is 0.323 e. The van der Waals surface area contributed by atoms with E-state index in [1.54, 1.807) is 0 Å². The zero-order chi connectivity index (χ0) is 14.5. The van der Waals surface area contributed by atoms with Crippen LogP contribution in [0.3, 0.4) is 0 Å². The lowest BCUT2D eigenvalue weighted by Gasteiger charge is -2.48. The number of nitrogens with zero attached hydrogens (tertiary/aromatic N) is 1. The fourth-order valence-corrected chi connectivity index (χ4v) is 3.87. The summed E-state index contributed by atoms with van der Waals surface area (Å²) >= 11 is 0. The monoisotopic (exact) mass is 269 g/mol. The molecule has 19 heavy (non-hydrogen) atoms. The van der Waals surface area contributed by atoms with Crippen molar-refractivity contribution in [2.45, 2.75) is 70.0 Å². The van der Waals surface area contributed by atoms with Crippen LogP contribution in [0, 0.1) is 11.1 Å². The molecule has 2 aliphatic heterocycles. The number of aliphatic carboxylic acids is 1. The van der Waals surface area contributed by atoms with E-state index >= 15 is 0 Å². The molecular formula is C14H25N2O3-. The van der Waals surface area contributed by atoms with Gasteiger partial charge in [-0.2, -0.15) is 0 Å². The van der Waals surface area contributed by atoms with Gasteiger partial charge >= 0.3 is 5.97 Å². The van der Waals surface area contributed by atoms with Crippen LogP contribution in [-0.4, -0.2) is 39.3 Å². The molecule has 2 fully saturated rings. The maximum atomic E-state index is 12.4. The van der Waals surface area contributed by atoms with Gasteiger partial charge in [0, 0.05) is 11.1 Å². The van der Waals surface area contributed by atoms with Crippen molar-refractivity contribution in [1.29, 1.82) is 0 Å². The van der Waals surface area contributed by atoms with E-state index in [0.29, 0.717) is 12.8 Å². The number of nitrogens with one attached hydrogen (secondary N) is 1. The fourth-order valence-electron chi connectivity index (χ4n) is 3.87. The molecule has 2 saturated heterocycles. The molecule has 0 aliphatic carbocycles. The maximum Gasteiger partial charge on any atom is 0.323 e. The standard InChI is InChI=1S/C14H25N2O3/c1-12(2)8-10(13(3,4)16(12)19)9-14(11(17)18)6-5-7-15-14/h10,15H,5-9H2,1-4H3,(H,17,18)/q-1/t10?,14-/m1/s1. The van der Waals surface area contributed by atoms with E-state index in [1.165, 1.54) is 0 Å². The summed E-state index contributed by atoms with van der Waals surface area (Å²) in [6.07, 6.45) is 2.84. The van der Waals surface area contributed by atoms with Crippen LogP contribution in [0.5, 0.6) is 0 Å². The largest absolute Gasteiger partial charge is 0.784 e. The minimum Gasteiger partial charge on any atom is -0.784 e. The molecule has 0 aromatic carbocycles. The summed E-state index contributed by atoms with van der Waals surface area (Å²) in [6.45, 7) is 8.51. The minimum atomic E-state index is -0.830. The Morgan fingerprint density at radius 1 is 1.42 bits per heavy atom. The first-order valence-electron chi connectivity index (χ1n) is 7.08. The summed E-state index contributed by atoms with van der Waals surface area (Å²) in [5.74, 6) is -0.676. The Labute approximate surface area is 114 Å². The third-order valence-electron chi connectivity index (χ3n) is 5.07. The molecule has 0 radical (unpaired) electrons. The Hall–Kier alpha value is -0.650. The van der Waals surface area contributed by atoms with E-state index in [1.807, 2.05) is 27.7 Å². The van der Waals surface area contributed by atoms with Crippen molar-refractivity contribution in [1.82, 2.24) is 10.4 Å². The van der Waals surface area contributed by atoms with E-state index in [2.05, 4.69) is 5.32 Å². The van der Waals surface area contributed by atoms with Gasteiger partial charge in [0.05, 0.1) is 0 Å². The Kier molecular flexibility index (Phi) is 3.44. The highest BCUT2D eigenvalue weighted by molar-refractivity contribution is 5.79. The molecule has 2 atom stereocenters. The predicted molar refractivity (Wildman–Crippen MR) is 73.7 cm³/mol. The van der Waals surface area contributed by atoms with Gasteiger partial charge in [-0.05, 0) is 65.8 Å². The van der Waals surface area contributed by atoms with Crippen molar-refractivity contribution in [3.05, 3.63) is 5.21 Å². The zero-order valence-corrected chi connectivity index (χ0v) is 12.3. The molecule has 5 nitrogen and oxygen atoms in total. The van der Waals surface area contributed by atoms with Gasteiger partial charge in [0.25, 0.3) is 0 Å². The second-order valence-corrected chi connectivity index (χ2v) is 7.28. The number of rotatable bonds is 3. The SMILES string of the molecule is CC1(C)CC(C[C@@]2(C(=O)O)CCCN2)C(C)(C)N1[O-]. The van der Waals surface area contributed by atoms with Crippen molar-refractivity contribution in [3.8, 4) is 0 Å². The van der Waals surface area contributed by atoms with Crippen molar-refractivity contribution >= 4 is 5.97 Å². The van der Waals surface area contributed by atoms with Crippen LogP contribution >= 0.6 is 0 Å². The summed E-state index contributed by atoms with van der Waals surface area (Å²) in [5, 5.41) is 26.2. The van der Waals surface area contributed by atoms with Gasteiger partial charge in [0.2, 0.25) is 0 Å². The highest BCUT2D eigenvalue weighted by atomic mass is 16.5. The first kappa shape index (κ1) is 14.8. The lowest BCUT2D eigenvalue weighted by atomic mass is 9.76. The summed E-state index contributed by atoms with van der Waals surface area (Å²) in [4.78, 5) is 11.6. The summed E-state index contributed by atoms with van der Waals surface area (Å²) in [7, 11) is 0. The Morgan fingerprint density at radius 3 is 2.42 bits per heavy atom. The lowest BCUT2D eigenvalue weighted by Crippen LogP contribution is -2.52. The van der Waals surface area contributed by atoms with Crippen LogP contribution in [0.4, 0.5) is 0 Å². The Bertz CT molecular complexity index is 373. The zero-order valence-electron chi connectivity index (χ0n) is 12.3. The van der Waals surface area contributed by atoms with Gasteiger partial charge in [-0.3, -0.25) is 4.79 Å². The molecule has 0 saturated carbocycles. The highest BCUT2D eigenvalue weighted by Gasteiger charge is 2.52. The van der Waals surface area contributed by atoms with E-state index in [0.717, 1.165) is 24.4 Å². The fraction of sp³-hybridized carbons (Fsp3) is 0.929. The number of carboxylic acids is 1. The highest BCUT2D eigenvalue weighted by Crippen LogP contribution is 2.48. The molecule has 110 valence electrons. The average Bonchev–Trinajstić information content (AvgIpc) is 2.81. The van der Waals surface area contributed by atoms with Gasteiger partial charge < -0.3 is 20.7 Å². The first-order valence-corrected chi connectivity index (χ1v) is 7.08. The van der Waals surface area contributed by atoms with Gasteiger partial charge in [0.15, 0.2) is 0 Å². The number of hydroxylamine groups is 2. The van der Waals surface area contributed by atoms with Crippen molar-refractivity contribution in [2.75, 3.05) is 6.54 Å². The summed E-state index contributed by atoms with van der Waals surface area (Å²) in [6, 6.07) is 0. The van der Waals surface area contributed by atoms with E-state index < -0.39 is 22.6 Å². The van der Waals surface area contributed by atoms with Crippen molar-refractivity contribution in [2.24, 2.45) is 5.92 Å². The molecule has 1 unspecified atom stereocenters. The normalized spacial score (nSPS) is 37.6. The summed E-state index contributed by atoms with van der Waals surface area (Å²) in [5.41, 5.74) is -1.74. The average molecular weight is 269 g/mol. The number of hydrogen-bond donors (Lipinski definition) is 2. The molecule has 0 bridgehead atoms. The third-order valence-corrected chi connectivity index (χ3v) is 5.07. The van der Waals surface area contributed by atoms with E-state index in [-0.39, 0.29) is 5.92 Å². The third kappa shape index (κ3) is 2.28. The van der Waals surface area contributed by atoms with Crippen LogP contribution in [-0.2, 0) is 4.79 Å². The molecule has 5 heteroatoms. The van der Waals surface area contributed by atoms with Gasteiger partial charge in [0.1, 0.15) is 5.54 Å². The lowest BCUT2D eigenvalue weighted by molar-refractivity contribution is -0.145. The molecule has 2 heterocycles. The van der Waals surface area contributed by atoms with Crippen molar-refractivity contribution in [3.63, 3.8) is 0 Å². The number of carbonyl (C=O) groups is 1. The topological polar surface area (TPSA) is 75.6 Å². The quantitative estimate of drug-likeness (QED) is 0.819.